The van der Waals surface area contributed by atoms with Gasteiger partial charge in [0.1, 0.15) is 7.14 Å². The lowest BCUT2D eigenvalue weighted by molar-refractivity contribution is 0.0995. The summed E-state index contributed by atoms with van der Waals surface area (Å²) in [7, 11) is -0.496. The van der Waals surface area contributed by atoms with Crippen LogP contribution in [0.1, 0.15) is 21.6 Å². The molecule has 0 fully saturated rings. The molecular weight excluding hydrogens is 505 g/mol. The van der Waals surface area contributed by atoms with Crippen LogP contribution in [0.15, 0.2) is 40.9 Å². The average molecular weight is 530 g/mol. The number of rotatable bonds is 6. The summed E-state index contributed by atoms with van der Waals surface area (Å²) in [5.41, 5.74) is 9.27. The summed E-state index contributed by atoms with van der Waals surface area (Å²) in [6.07, 6.45) is 0.976. The smallest absolute Gasteiger partial charge is 0.273 e. The van der Waals surface area contributed by atoms with Gasteiger partial charge in [0, 0.05) is 28.6 Å². The molecule has 1 amide bonds. The molecule has 33 heavy (non-hydrogen) atoms. The zero-order chi connectivity index (χ0) is 23.8. The second-order valence-electron chi connectivity index (χ2n) is 8.40. The van der Waals surface area contributed by atoms with Crippen LogP contribution in [0.2, 0.25) is 0 Å². The highest BCUT2D eigenvalue weighted by Gasteiger charge is 2.21. The van der Waals surface area contributed by atoms with E-state index < -0.39 is 13.0 Å². The molecule has 4 N–H and O–H groups in total. The van der Waals surface area contributed by atoms with E-state index in [0.717, 1.165) is 29.7 Å². The number of hydrogen-bond donors (Lipinski definition) is 3. The molecule has 3 aromatic rings. The van der Waals surface area contributed by atoms with E-state index in [1.807, 2.05) is 12.1 Å². The van der Waals surface area contributed by atoms with Gasteiger partial charge in [0.2, 0.25) is 5.95 Å². The third kappa shape index (κ3) is 5.24. The van der Waals surface area contributed by atoms with E-state index in [9.17, 15) is 9.36 Å². The first-order valence-corrected chi connectivity index (χ1v) is 13.7. The number of hydrogen-bond acceptors (Lipinski definition) is 8. The first-order valence-electron chi connectivity index (χ1n) is 10.3. The molecule has 0 atom stereocenters. The molecule has 1 aromatic heterocycles. The largest absolute Gasteiger partial charge is 0.364 e. The maximum absolute atomic E-state index is 12.7. The van der Waals surface area contributed by atoms with Gasteiger partial charge in [0.05, 0.1) is 5.69 Å². The summed E-state index contributed by atoms with van der Waals surface area (Å²) in [5.74, 6) is -0.429. The van der Waals surface area contributed by atoms with Crippen molar-refractivity contribution in [1.29, 1.82) is 0 Å². The number of nitrogens with zero attached hydrogens (tertiary/aromatic N) is 4. The van der Waals surface area contributed by atoms with Gasteiger partial charge in [-0.3, -0.25) is 4.79 Å². The van der Waals surface area contributed by atoms with Crippen LogP contribution >= 0.6 is 23.1 Å². The zero-order valence-corrected chi connectivity index (χ0v) is 21.1. The summed E-state index contributed by atoms with van der Waals surface area (Å²) in [6, 6.07) is 11.2. The fourth-order valence-corrected chi connectivity index (χ4v) is 5.65. The van der Waals surface area contributed by atoms with Gasteiger partial charge in [-0.05, 0) is 62.2 Å². The monoisotopic (exact) mass is 529 g/mol. The average Bonchev–Trinajstić information content (AvgIpc) is 2.73. The summed E-state index contributed by atoms with van der Waals surface area (Å²) in [5, 5.41) is 14.9. The van der Waals surface area contributed by atoms with Gasteiger partial charge in [-0.25, -0.2) is 0 Å². The van der Waals surface area contributed by atoms with Crippen LogP contribution < -0.4 is 21.7 Å². The minimum Gasteiger partial charge on any atom is -0.364 e. The molecule has 1 aliphatic heterocycles. The van der Waals surface area contributed by atoms with Gasteiger partial charge < -0.3 is 25.8 Å². The number of para-hydroxylation sites is 1. The molecule has 0 aliphatic carbocycles. The summed E-state index contributed by atoms with van der Waals surface area (Å²) in [6.45, 7) is 5.22. The normalized spacial score (nSPS) is 13.9. The third-order valence-electron chi connectivity index (χ3n) is 5.39. The first kappa shape index (κ1) is 23.4. The number of nitrogens with one attached hydrogen (secondary N) is 2. The van der Waals surface area contributed by atoms with Crippen LogP contribution in [-0.2, 0) is 17.5 Å². The molecule has 0 saturated carbocycles. The van der Waals surface area contributed by atoms with Crippen molar-refractivity contribution in [3.05, 3.63) is 57.7 Å². The zero-order valence-electron chi connectivity index (χ0n) is 18.6. The van der Waals surface area contributed by atoms with E-state index in [0.29, 0.717) is 11.0 Å². The summed E-state index contributed by atoms with van der Waals surface area (Å²) < 4.78 is 13.7. The lowest BCUT2D eigenvalue weighted by Gasteiger charge is -2.26. The number of fused-ring (bicyclic) bond motifs is 1. The van der Waals surface area contributed by atoms with Crippen molar-refractivity contribution < 1.29 is 9.36 Å². The Labute approximate surface area is 200 Å². The minimum atomic E-state index is -2.59. The molecule has 172 valence electrons. The van der Waals surface area contributed by atoms with E-state index in [2.05, 4.69) is 59.8 Å². The van der Waals surface area contributed by atoms with E-state index in [1.165, 1.54) is 11.1 Å². The number of anilines is 4. The van der Waals surface area contributed by atoms with Crippen molar-refractivity contribution >= 4 is 57.4 Å². The molecule has 2 aromatic carbocycles. The van der Waals surface area contributed by atoms with Crippen molar-refractivity contribution in [1.82, 2.24) is 20.1 Å². The highest BCUT2D eigenvalue weighted by atomic mass is 79.9. The minimum absolute atomic E-state index is 0.106. The van der Waals surface area contributed by atoms with Crippen LogP contribution in [0.4, 0.5) is 23.1 Å². The number of halogens is 1. The van der Waals surface area contributed by atoms with E-state index in [-0.39, 0.29) is 17.5 Å². The highest BCUT2D eigenvalue weighted by molar-refractivity contribution is 9.10. The molecule has 1 aliphatic rings. The molecule has 0 unspecified atom stereocenters. The van der Waals surface area contributed by atoms with E-state index in [4.69, 9.17) is 5.73 Å². The quantitative estimate of drug-likeness (QED) is 0.414. The fraction of sp³-hybridized carbons (Fsp3) is 0.273. The molecule has 9 nitrogen and oxygen atoms in total. The Morgan fingerprint density at radius 2 is 1.94 bits per heavy atom. The van der Waals surface area contributed by atoms with Crippen molar-refractivity contribution in [2.45, 2.75) is 13.0 Å². The van der Waals surface area contributed by atoms with Crippen molar-refractivity contribution in [2.24, 2.45) is 5.73 Å². The molecular formula is C22H25BrN7O2P. The number of carbonyl (C=O) groups is 1. The fourth-order valence-electron chi connectivity index (χ4n) is 3.80. The molecule has 11 heteroatoms. The van der Waals surface area contributed by atoms with Crippen molar-refractivity contribution in [2.75, 3.05) is 37.6 Å². The van der Waals surface area contributed by atoms with Gasteiger partial charge in [-0.1, -0.05) is 28.1 Å². The number of amides is 1. The third-order valence-corrected chi connectivity index (χ3v) is 7.64. The summed E-state index contributed by atoms with van der Waals surface area (Å²) >= 11 is 3.67. The molecule has 4 rings (SSSR count). The lowest BCUT2D eigenvalue weighted by Crippen LogP contribution is -2.26. The Hall–Kier alpha value is -2.81. The number of carbonyl (C=O) groups excluding carboxylic acids is 1. The summed E-state index contributed by atoms with van der Waals surface area (Å²) in [4.78, 5) is 18.7. The molecule has 2 heterocycles. The van der Waals surface area contributed by atoms with Crippen molar-refractivity contribution in [3.63, 3.8) is 0 Å². The standard InChI is InChI=1S/C22H25BrN7O2P/c1-30-9-8-15-13(12-30)10-14(11-16(15)23)25-22-27-21(19(20(24)31)28-29-22)26-17-6-4-5-7-18(17)33(2,3)32/h4-7,10-11H,8-9,12H2,1-3H3,(H2,24,31)(H2,25,26,27,29). The lowest BCUT2D eigenvalue weighted by atomic mass is 9.99. The predicted molar refractivity (Wildman–Crippen MR) is 135 cm³/mol. The van der Waals surface area contributed by atoms with Gasteiger partial charge in [-0.2, -0.15) is 4.98 Å². The topological polar surface area (TPSA) is 126 Å². The van der Waals surface area contributed by atoms with Crippen LogP contribution in [0.25, 0.3) is 0 Å². The van der Waals surface area contributed by atoms with E-state index >= 15 is 0 Å². The molecule has 0 bridgehead atoms. The van der Waals surface area contributed by atoms with Crippen LogP contribution in [-0.4, -0.2) is 52.9 Å². The van der Waals surface area contributed by atoms with Gasteiger partial charge in [-0.15, -0.1) is 10.2 Å². The van der Waals surface area contributed by atoms with Crippen LogP contribution in [0.3, 0.4) is 0 Å². The predicted octanol–water partition coefficient (Wildman–Crippen LogP) is 3.46. The van der Waals surface area contributed by atoms with Crippen LogP contribution in [0, 0.1) is 0 Å². The van der Waals surface area contributed by atoms with Gasteiger partial charge >= 0.3 is 0 Å². The van der Waals surface area contributed by atoms with Gasteiger partial charge in [0.25, 0.3) is 5.91 Å². The Balaban J connectivity index is 1.68. The SMILES string of the molecule is CN1CCc2c(Br)cc(Nc3nnc(C(N)=O)c(Nc4ccccc4P(C)(C)=O)n3)cc2C1. The second-order valence-corrected chi connectivity index (χ2v) is 12.4. The first-order chi connectivity index (χ1) is 15.6. The van der Waals surface area contributed by atoms with Gasteiger partial charge in [0.15, 0.2) is 11.5 Å². The molecule has 0 radical (unpaired) electrons. The Kier molecular flexibility index (Phi) is 6.52. The number of primary amides is 1. The van der Waals surface area contributed by atoms with Crippen molar-refractivity contribution in [3.8, 4) is 0 Å². The Bertz CT molecular complexity index is 1280. The molecule has 0 saturated heterocycles. The van der Waals surface area contributed by atoms with Crippen LogP contribution in [0.5, 0.6) is 0 Å². The number of aromatic nitrogens is 3. The second kappa shape index (κ2) is 9.21. The number of likely N-dealkylation sites (N-methyl/N-ethyl adjacent to an activating group) is 1. The Morgan fingerprint density at radius 1 is 1.18 bits per heavy atom. The highest BCUT2D eigenvalue weighted by Crippen LogP contribution is 2.38. The maximum atomic E-state index is 12.7. The maximum Gasteiger partial charge on any atom is 0.273 e. The number of benzene rings is 2. The molecule has 0 spiro atoms. The van der Waals surface area contributed by atoms with E-state index in [1.54, 1.807) is 31.5 Å². The Morgan fingerprint density at radius 3 is 2.67 bits per heavy atom. The number of nitrogens with two attached hydrogens (primary N) is 1.